The van der Waals surface area contributed by atoms with E-state index in [1.54, 1.807) is 19.2 Å². The Morgan fingerprint density at radius 3 is 2.50 bits per heavy atom. The van der Waals surface area contributed by atoms with Gasteiger partial charge in [-0.3, -0.25) is 4.79 Å². The van der Waals surface area contributed by atoms with Gasteiger partial charge in [0.2, 0.25) is 0 Å². The number of alkyl halides is 3. The maximum atomic E-state index is 13.1. The second kappa shape index (κ2) is 12.8. The van der Waals surface area contributed by atoms with Crippen molar-refractivity contribution in [3.8, 4) is 0 Å². The molecule has 0 saturated heterocycles. The van der Waals surface area contributed by atoms with Crippen LogP contribution >= 0.6 is 22.9 Å². The third-order valence-corrected chi connectivity index (χ3v) is 6.73. The lowest BCUT2D eigenvalue weighted by molar-refractivity contribution is -0.137. The Morgan fingerprint density at radius 1 is 1.02 bits per heavy atom. The van der Waals surface area contributed by atoms with Crippen molar-refractivity contribution in [1.29, 1.82) is 0 Å². The Labute approximate surface area is 234 Å². The number of carbonyl (C=O) groups is 1. The van der Waals surface area contributed by atoms with E-state index < -0.39 is 34.9 Å². The lowest BCUT2D eigenvalue weighted by Crippen LogP contribution is -2.27. The number of hydrogen-bond acceptors (Lipinski definition) is 12. The minimum absolute atomic E-state index is 0.126. The van der Waals surface area contributed by atoms with E-state index in [-0.39, 0.29) is 11.5 Å². The molecule has 0 aromatic carbocycles. The Kier molecular flexibility index (Phi) is 9.23. The van der Waals surface area contributed by atoms with Crippen molar-refractivity contribution in [2.45, 2.75) is 25.4 Å². The standard InChI is InChI=1S/C23H22ClF3N10O2S/c1-12(22-32-9-16(40-22)21(39)37-19-6-13(23(25,26)27)14(24)8-31-19)36-20(38)15-7-18(35-11-33-15)30-5-4-29-17-2-3-28-10-34-17/h2-3,6-12,21,39H,4-5H2,1H3,(H,31,37)(H,36,38)(H,28,29,34)(H,30,33,35). The molecule has 0 aliphatic heterocycles. The maximum absolute atomic E-state index is 13.1. The third kappa shape index (κ3) is 7.71. The predicted octanol–water partition coefficient (Wildman–Crippen LogP) is 3.91. The Morgan fingerprint density at radius 2 is 1.77 bits per heavy atom. The summed E-state index contributed by atoms with van der Waals surface area (Å²) in [5.74, 6) is 0.433. The van der Waals surface area contributed by atoms with Gasteiger partial charge < -0.3 is 26.4 Å². The summed E-state index contributed by atoms with van der Waals surface area (Å²) in [6.07, 6.45) is 0.444. The highest BCUT2D eigenvalue weighted by molar-refractivity contribution is 7.11. The first kappa shape index (κ1) is 28.8. The number of amides is 1. The fraction of sp³-hybridized carbons (Fsp3) is 0.261. The van der Waals surface area contributed by atoms with Crippen LogP contribution in [-0.2, 0) is 6.18 Å². The molecule has 17 heteroatoms. The smallest absolute Gasteiger partial charge is 0.369 e. The fourth-order valence-corrected chi connectivity index (χ4v) is 4.33. The predicted molar refractivity (Wildman–Crippen MR) is 142 cm³/mol. The molecule has 0 saturated carbocycles. The van der Waals surface area contributed by atoms with E-state index in [0.717, 1.165) is 17.5 Å². The molecule has 0 aliphatic rings. The minimum atomic E-state index is -4.68. The van der Waals surface area contributed by atoms with Gasteiger partial charge in [-0.25, -0.2) is 29.9 Å². The number of anilines is 3. The zero-order chi connectivity index (χ0) is 28.7. The van der Waals surface area contributed by atoms with E-state index in [4.69, 9.17) is 11.6 Å². The van der Waals surface area contributed by atoms with E-state index in [1.165, 1.54) is 24.9 Å². The van der Waals surface area contributed by atoms with Crippen molar-refractivity contribution in [3.63, 3.8) is 0 Å². The van der Waals surface area contributed by atoms with Crippen LogP contribution in [0.3, 0.4) is 0 Å². The number of aliphatic hydroxyl groups excluding tert-OH is 1. The van der Waals surface area contributed by atoms with Crippen LogP contribution in [0.15, 0.2) is 49.4 Å². The number of nitrogens with one attached hydrogen (secondary N) is 4. The van der Waals surface area contributed by atoms with Crippen molar-refractivity contribution in [2.75, 3.05) is 29.0 Å². The Balaban J connectivity index is 1.31. The fourth-order valence-electron chi connectivity index (χ4n) is 3.26. The average molecular weight is 595 g/mol. The van der Waals surface area contributed by atoms with Crippen LogP contribution in [0.4, 0.5) is 30.6 Å². The zero-order valence-corrected chi connectivity index (χ0v) is 22.2. The summed E-state index contributed by atoms with van der Waals surface area (Å²) in [7, 11) is 0. The van der Waals surface area contributed by atoms with Gasteiger partial charge in [-0.05, 0) is 19.1 Å². The van der Waals surface area contributed by atoms with Crippen LogP contribution in [0.5, 0.6) is 0 Å². The van der Waals surface area contributed by atoms with Crippen molar-refractivity contribution in [3.05, 3.63) is 75.6 Å². The highest BCUT2D eigenvalue weighted by atomic mass is 35.5. The Bertz CT molecular complexity index is 1440. The van der Waals surface area contributed by atoms with Gasteiger partial charge >= 0.3 is 6.18 Å². The first-order valence-corrected chi connectivity index (χ1v) is 12.8. The highest BCUT2D eigenvalue weighted by Gasteiger charge is 2.34. The van der Waals surface area contributed by atoms with Crippen molar-refractivity contribution < 1.29 is 23.1 Å². The lowest BCUT2D eigenvalue weighted by Gasteiger charge is -2.14. The molecule has 4 heterocycles. The first-order chi connectivity index (χ1) is 19.1. The maximum Gasteiger partial charge on any atom is 0.418 e. The van der Waals surface area contributed by atoms with Gasteiger partial charge in [0.05, 0.1) is 21.5 Å². The second-order valence-corrected chi connectivity index (χ2v) is 9.63. The van der Waals surface area contributed by atoms with Crippen LogP contribution in [-0.4, -0.2) is 54.0 Å². The first-order valence-electron chi connectivity index (χ1n) is 11.6. The molecule has 0 radical (unpaired) electrons. The molecule has 0 bridgehead atoms. The summed E-state index contributed by atoms with van der Waals surface area (Å²) in [6.45, 7) is 2.74. The monoisotopic (exact) mass is 594 g/mol. The normalized spacial score (nSPS) is 12.8. The molecule has 40 heavy (non-hydrogen) atoms. The molecule has 1 amide bonds. The van der Waals surface area contributed by atoms with Crippen molar-refractivity contribution in [2.24, 2.45) is 0 Å². The Hall–Kier alpha value is -4.15. The molecule has 2 unspecified atom stereocenters. The summed E-state index contributed by atoms with van der Waals surface area (Å²) in [5, 5.41) is 21.8. The molecule has 4 rings (SSSR count). The summed E-state index contributed by atoms with van der Waals surface area (Å²) >= 11 is 6.64. The number of halogens is 4. The molecule has 4 aromatic rings. The summed E-state index contributed by atoms with van der Waals surface area (Å²) in [4.78, 5) is 37.1. The summed E-state index contributed by atoms with van der Waals surface area (Å²) in [5.41, 5.74) is -0.955. The van der Waals surface area contributed by atoms with Gasteiger partial charge in [0.25, 0.3) is 5.91 Å². The van der Waals surface area contributed by atoms with Crippen LogP contribution in [0.25, 0.3) is 0 Å². The number of rotatable bonds is 11. The zero-order valence-electron chi connectivity index (χ0n) is 20.6. The number of pyridine rings is 1. The van der Waals surface area contributed by atoms with Crippen molar-refractivity contribution >= 4 is 46.3 Å². The molecule has 210 valence electrons. The van der Waals surface area contributed by atoms with E-state index in [1.807, 2.05) is 0 Å². The van der Waals surface area contributed by atoms with Crippen LogP contribution in [0.1, 0.15) is 45.1 Å². The van der Waals surface area contributed by atoms with Crippen LogP contribution in [0.2, 0.25) is 5.02 Å². The number of nitrogens with zero attached hydrogens (tertiary/aromatic N) is 6. The van der Waals surface area contributed by atoms with Gasteiger partial charge in [0, 0.05) is 37.7 Å². The molecule has 0 aliphatic carbocycles. The van der Waals surface area contributed by atoms with Crippen LogP contribution < -0.4 is 21.3 Å². The third-order valence-electron chi connectivity index (χ3n) is 5.19. The molecular formula is C23H22ClF3N10O2S. The number of carbonyl (C=O) groups excluding carboxylic acids is 1. The summed E-state index contributed by atoms with van der Waals surface area (Å²) < 4.78 is 39.3. The number of aromatic nitrogens is 6. The van der Waals surface area contributed by atoms with Gasteiger partial charge in [-0.15, -0.1) is 11.3 Å². The second-order valence-electron chi connectivity index (χ2n) is 8.13. The molecule has 5 N–H and O–H groups in total. The molecule has 0 spiro atoms. The highest BCUT2D eigenvalue weighted by Crippen LogP contribution is 2.36. The molecule has 0 fully saturated rings. The minimum Gasteiger partial charge on any atom is -0.369 e. The topological polar surface area (TPSA) is 163 Å². The van der Waals surface area contributed by atoms with E-state index in [2.05, 4.69) is 51.2 Å². The van der Waals surface area contributed by atoms with Gasteiger partial charge in [0.1, 0.15) is 40.8 Å². The number of thiazole rings is 1. The lowest BCUT2D eigenvalue weighted by atomic mass is 10.2. The number of hydrogen-bond donors (Lipinski definition) is 5. The van der Waals surface area contributed by atoms with Gasteiger partial charge in [0.15, 0.2) is 6.23 Å². The van der Waals surface area contributed by atoms with Gasteiger partial charge in [-0.1, -0.05) is 11.6 Å². The number of aliphatic hydroxyl groups is 1. The SMILES string of the molecule is CC(NC(=O)c1cc(NCCNc2ccncn2)ncn1)c1ncc(C(O)Nc2cc(C(F)(F)F)c(Cl)cn2)s1. The van der Waals surface area contributed by atoms with Crippen molar-refractivity contribution in [1.82, 2.24) is 35.2 Å². The van der Waals surface area contributed by atoms with E-state index in [9.17, 15) is 23.1 Å². The quantitative estimate of drug-likeness (QED) is 0.126. The van der Waals surface area contributed by atoms with E-state index in [0.29, 0.717) is 40.7 Å². The average Bonchev–Trinajstić information content (AvgIpc) is 3.43. The van der Waals surface area contributed by atoms with Gasteiger partial charge in [-0.2, -0.15) is 13.2 Å². The van der Waals surface area contributed by atoms with Crippen LogP contribution in [0, 0.1) is 0 Å². The molecule has 12 nitrogen and oxygen atoms in total. The van der Waals surface area contributed by atoms with E-state index >= 15 is 0 Å². The largest absolute Gasteiger partial charge is 0.418 e. The molecular weight excluding hydrogens is 573 g/mol. The summed E-state index contributed by atoms with van der Waals surface area (Å²) in [6, 6.07) is 3.38. The molecule has 2 atom stereocenters. The molecule has 4 aromatic heterocycles.